The molecule has 1 atom stereocenters. The molecule has 0 aliphatic carbocycles. The molecule has 0 aliphatic heterocycles. The van der Waals surface area contributed by atoms with E-state index in [1.165, 1.54) is 43.0 Å². The molecule has 1 amide bonds. The summed E-state index contributed by atoms with van der Waals surface area (Å²) in [6, 6.07) is 3.02. The zero-order valence-electron chi connectivity index (χ0n) is 18.1. The van der Waals surface area contributed by atoms with Crippen LogP contribution in [-0.2, 0) is 0 Å². The number of aliphatic hydroxyl groups is 1. The van der Waals surface area contributed by atoms with Gasteiger partial charge in [-0.1, -0.05) is 0 Å². The molecule has 3 heterocycles. The molecule has 3 rings (SSSR count). The van der Waals surface area contributed by atoms with Gasteiger partial charge in [-0.15, -0.1) is 0 Å². The average Bonchev–Trinajstić information content (AvgIpc) is 3.16. The van der Waals surface area contributed by atoms with Gasteiger partial charge in [-0.05, 0) is 33.8 Å². The van der Waals surface area contributed by atoms with Crippen LogP contribution in [-0.4, -0.2) is 66.0 Å². The molecular weight excluding hydrogens is 419 g/mol. The maximum atomic E-state index is 14.1. The molecule has 0 saturated carbocycles. The second kappa shape index (κ2) is 8.87. The van der Waals surface area contributed by atoms with Crippen molar-refractivity contribution in [2.24, 2.45) is 0 Å². The van der Waals surface area contributed by atoms with Crippen molar-refractivity contribution in [1.29, 1.82) is 0 Å². The molecular formula is C21H25FN6O4. The minimum absolute atomic E-state index is 0.0145. The molecule has 10 nitrogen and oxygen atoms in total. The number of rotatable bonds is 8. The molecule has 0 radical (unpaired) electrons. The monoisotopic (exact) mass is 444 g/mol. The van der Waals surface area contributed by atoms with Gasteiger partial charge in [-0.3, -0.25) is 9.78 Å². The first-order chi connectivity index (χ1) is 15.0. The topological polar surface area (TPSA) is 142 Å². The van der Waals surface area contributed by atoms with Crippen LogP contribution in [0.1, 0.15) is 48.4 Å². The van der Waals surface area contributed by atoms with Gasteiger partial charge in [0.2, 0.25) is 0 Å². The van der Waals surface area contributed by atoms with E-state index in [1.54, 1.807) is 6.07 Å². The second-order valence-corrected chi connectivity index (χ2v) is 8.22. The van der Waals surface area contributed by atoms with E-state index in [1.807, 2.05) is 13.8 Å². The van der Waals surface area contributed by atoms with E-state index in [4.69, 9.17) is 0 Å². The summed E-state index contributed by atoms with van der Waals surface area (Å²) in [6.45, 7) is 6.03. The van der Waals surface area contributed by atoms with E-state index >= 15 is 0 Å². The number of hydrogen-bond donors (Lipinski definition) is 4. The second-order valence-electron chi connectivity index (χ2n) is 8.22. The summed E-state index contributed by atoms with van der Waals surface area (Å²) >= 11 is 0. The molecule has 3 aromatic rings. The lowest BCUT2D eigenvalue weighted by molar-refractivity contribution is -0.00178. The Bertz CT molecular complexity index is 1150. The lowest BCUT2D eigenvalue weighted by Crippen LogP contribution is -2.42. The predicted octanol–water partition coefficient (Wildman–Crippen LogP) is 2.15. The third kappa shape index (κ3) is 4.99. The smallest absolute Gasteiger partial charge is 0.337 e. The first-order valence-electron chi connectivity index (χ1n) is 9.96. The molecule has 170 valence electrons. The number of carboxylic acids is 1. The summed E-state index contributed by atoms with van der Waals surface area (Å²) in [5.74, 6) is -1.35. The Labute approximate surface area is 183 Å². The molecule has 0 spiro atoms. The van der Waals surface area contributed by atoms with Crippen LogP contribution in [0, 0.1) is 0 Å². The molecule has 4 N–H and O–H groups in total. The van der Waals surface area contributed by atoms with E-state index in [9.17, 15) is 24.2 Å². The molecule has 32 heavy (non-hydrogen) atoms. The van der Waals surface area contributed by atoms with Crippen LogP contribution in [0.4, 0.5) is 10.2 Å². The number of carbonyl (C=O) groups excluding carboxylic acids is 1. The number of carboxylic acid groups (broad SMARTS) is 1. The van der Waals surface area contributed by atoms with Crippen molar-refractivity contribution >= 4 is 23.3 Å². The third-order valence-corrected chi connectivity index (χ3v) is 4.64. The fourth-order valence-electron chi connectivity index (χ4n) is 2.88. The van der Waals surface area contributed by atoms with Crippen LogP contribution >= 0.6 is 0 Å². The number of carbonyl (C=O) groups is 2. The Morgan fingerprint density at radius 1 is 1.22 bits per heavy atom. The number of anilines is 1. The quantitative estimate of drug-likeness (QED) is 0.414. The van der Waals surface area contributed by atoms with Gasteiger partial charge >= 0.3 is 5.97 Å². The number of amides is 1. The number of alkyl halides is 1. The number of hydrogen-bond acceptors (Lipinski definition) is 7. The lowest BCUT2D eigenvalue weighted by atomic mass is 10.0. The van der Waals surface area contributed by atoms with Gasteiger partial charge in [0.1, 0.15) is 17.6 Å². The van der Waals surface area contributed by atoms with E-state index < -0.39 is 23.6 Å². The first-order valence-corrected chi connectivity index (χ1v) is 9.96. The highest BCUT2D eigenvalue weighted by Gasteiger charge is 2.27. The maximum Gasteiger partial charge on any atom is 0.337 e. The Kier molecular flexibility index (Phi) is 6.40. The highest BCUT2D eigenvalue weighted by atomic mass is 19.1. The molecule has 0 aliphatic rings. The van der Waals surface area contributed by atoms with E-state index in [-0.39, 0.29) is 23.7 Å². The van der Waals surface area contributed by atoms with Gasteiger partial charge in [0, 0.05) is 36.3 Å². The van der Waals surface area contributed by atoms with Crippen LogP contribution in [0.5, 0.6) is 0 Å². The van der Waals surface area contributed by atoms with Crippen LogP contribution in [0.3, 0.4) is 0 Å². The SMILES string of the molecule is CC(C)Nc1c(C(=O)NC[C@@H](F)C(C)(C)O)cnc2cc(-c3cncc(C(=O)O)c3)nn12. The standard InChI is InChI=1S/C21H25FN6O4/c1-11(2)26-18-14(19(29)25-10-16(22)21(3,4)32)9-24-17-6-15(27-28(17)18)12-5-13(20(30)31)8-23-7-12/h5-9,11,16,26,32H,10H2,1-4H3,(H,25,29)(H,30,31)/t16-/m1/s1. The highest BCUT2D eigenvalue weighted by molar-refractivity contribution is 5.99. The maximum absolute atomic E-state index is 14.1. The number of nitrogens with one attached hydrogen (secondary N) is 2. The van der Waals surface area contributed by atoms with E-state index in [0.29, 0.717) is 22.7 Å². The number of pyridine rings is 1. The van der Waals surface area contributed by atoms with Crippen LogP contribution in [0.2, 0.25) is 0 Å². The first kappa shape index (κ1) is 23.1. The zero-order valence-corrected chi connectivity index (χ0v) is 18.1. The molecule has 11 heteroatoms. The Morgan fingerprint density at radius 3 is 2.56 bits per heavy atom. The number of fused-ring (bicyclic) bond motifs is 1. The average molecular weight is 444 g/mol. The summed E-state index contributed by atoms with van der Waals surface area (Å²) < 4.78 is 15.5. The van der Waals surface area contributed by atoms with Crippen molar-refractivity contribution in [2.75, 3.05) is 11.9 Å². The molecule has 0 aromatic carbocycles. The number of aromatic carboxylic acids is 1. The molecule has 3 aromatic heterocycles. The Morgan fingerprint density at radius 2 is 1.94 bits per heavy atom. The Hall–Kier alpha value is -3.60. The fourth-order valence-corrected chi connectivity index (χ4v) is 2.88. The highest BCUT2D eigenvalue weighted by Crippen LogP contribution is 2.24. The predicted molar refractivity (Wildman–Crippen MR) is 115 cm³/mol. The Balaban J connectivity index is 2.01. The van der Waals surface area contributed by atoms with Crippen molar-refractivity contribution in [3.63, 3.8) is 0 Å². The molecule has 0 saturated heterocycles. The fraction of sp³-hybridized carbons (Fsp3) is 0.381. The third-order valence-electron chi connectivity index (χ3n) is 4.64. The van der Waals surface area contributed by atoms with E-state index in [2.05, 4.69) is 25.7 Å². The largest absolute Gasteiger partial charge is 0.478 e. The summed E-state index contributed by atoms with van der Waals surface area (Å²) in [7, 11) is 0. The summed E-state index contributed by atoms with van der Waals surface area (Å²) in [6.07, 6.45) is 2.41. The summed E-state index contributed by atoms with van der Waals surface area (Å²) in [4.78, 5) is 32.2. The van der Waals surface area contributed by atoms with Crippen LogP contribution < -0.4 is 10.6 Å². The van der Waals surface area contributed by atoms with Crippen molar-refractivity contribution in [3.8, 4) is 11.3 Å². The van der Waals surface area contributed by atoms with Gasteiger partial charge in [0.25, 0.3) is 5.91 Å². The normalized spacial score (nSPS) is 12.7. The summed E-state index contributed by atoms with van der Waals surface area (Å²) in [5.41, 5.74) is -0.128. The molecule has 0 unspecified atom stereocenters. The van der Waals surface area contributed by atoms with Gasteiger partial charge < -0.3 is 20.8 Å². The van der Waals surface area contributed by atoms with Crippen molar-refractivity contribution in [3.05, 3.63) is 41.9 Å². The minimum atomic E-state index is -1.66. The van der Waals surface area contributed by atoms with Crippen LogP contribution in [0.15, 0.2) is 30.7 Å². The van der Waals surface area contributed by atoms with Gasteiger partial charge in [-0.2, -0.15) is 9.61 Å². The zero-order chi connectivity index (χ0) is 23.6. The number of halogens is 1. The van der Waals surface area contributed by atoms with Gasteiger partial charge in [0.05, 0.1) is 23.4 Å². The van der Waals surface area contributed by atoms with Gasteiger partial charge in [0.15, 0.2) is 5.65 Å². The number of aromatic nitrogens is 4. The summed E-state index contributed by atoms with van der Waals surface area (Å²) in [5, 5.41) is 29.1. The van der Waals surface area contributed by atoms with Crippen molar-refractivity contribution < 1.29 is 24.2 Å². The van der Waals surface area contributed by atoms with Crippen LogP contribution in [0.25, 0.3) is 16.9 Å². The molecule has 0 bridgehead atoms. The minimum Gasteiger partial charge on any atom is -0.478 e. The lowest BCUT2D eigenvalue weighted by Gasteiger charge is -2.22. The number of nitrogens with zero attached hydrogens (tertiary/aromatic N) is 4. The van der Waals surface area contributed by atoms with Crippen molar-refractivity contribution in [1.82, 2.24) is 24.9 Å². The van der Waals surface area contributed by atoms with E-state index in [0.717, 1.165) is 0 Å². The van der Waals surface area contributed by atoms with Gasteiger partial charge in [-0.25, -0.2) is 14.2 Å². The van der Waals surface area contributed by atoms with Crippen molar-refractivity contribution in [2.45, 2.75) is 45.5 Å². The molecule has 0 fully saturated rings.